The first-order valence-corrected chi connectivity index (χ1v) is 8.21. The molecule has 21 heavy (non-hydrogen) atoms. The Kier molecular flexibility index (Phi) is 4.12. The molecule has 7 heteroatoms. The van der Waals surface area contributed by atoms with Crippen molar-refractivity contribution in [3.63, 3.8) is 0 Å². The monoisotopic (exact) mass is 307 g/mol. The van der Waals surface area contributed by atoms with E-state index in [-0.39, 0.29) is 5.91 Å². The number of rotatable bonds is 4. The Balaban J connectivity index is 1.68. The minimum absolute atomic E-state index is 0.0530. The van der Waals surface area contributed by atoms with E-state index in [4.69, 9.17) is 10.7 Å². The van der Waals surface area contributed by atoms with E-state index in [1.807, 2.05) is 11.6 Å². The van der Waals surface area contributed by atoms with Gasteiger partial charge in [-0.2, -0.15) is 0 Å². The number of imidazole rings is 1. The Morgan fingerprint density at radius 2 is 2.29 bits per heavy atom. The van der Waals surface area contributed by atoms with Gasteiger partial charge < -0.3 is 16.0 Å². The lowest BCUT2D eigenvalue weighted by Crippen LogP contribution is -2.38. The van der Waals surface area contributed by atoms with Crippen molar-refractivity contribution in [2.24, 2.45) is 11.7 Å². The van der Waals surface area contributed by atoms with E-state index >= 15 is 0 Å². The lowest BCUT2D eigenvalue weighted by molar-refractivity contribution is -0.119. The number of amides is 1. The predicted molar refractivity (Wildman–Crippen MR) is 84.6 cm³/mol. The van der Waals surface area contributed by atoms with Gasteiger partial charge in [-0.3, -0.25) is 9.20 Å². The molecule has 0 aromatic carbocycles. The molecule has 1 aliphatic rings. The second-order valence-corrected chi connectivity index (χ2v) is 6.38. The van der Waals surface area contributed by atoms with Crippen molar-refractivity contribution < 1.29 is 4.79 Å². The maximum absolute atomic E-state index is 11.0. The Morgan fingerprint density at radius 3 is 2.95 bits per heavy atom. The third-order valence-electron chi connectivity index (χ3n) is 4.09. The number of carbonyl (C=O) groups excluding carboxylic acids is 1. The highest BCUT2D eigenvalue weighted by Gasteiger charge is 2.24. The largest absolute Gasteiger partial charge is 0.356 e. The molecule has 0 spiro atoms. The van der Waals surface area contributed by atoms with Gasteiger partial charge in [-0.25, -0.2) is 4.98 Å². The zero-order valence-corrected chi connectivity index (χ0v) is 13.0. The van der Waals surface area contributed by atoms with Crippen LogP contribution in [0, 0.1) is 5.92 Å². The summed E-state index contributed by atoms with van der Waals surface area (Å²) >= 11 is 1.64. The molecule has 3 rings (SSSR count). The predicted octanol–water partition coefficient (Wildman–Crippen LogP) is 1.21. The number of aromatic nitrogens is 2. The number of fused-ring (bicyclic) bond motifs is 1. The van der Waals surface area contributed by atoms with Gasteiger partial charge in [0, 0.05) is 44.7 Å². The van der Waals surface area contributed by atoms with E-state index in [0.29, 0.717) is 12.5 Å². The number of nitrogens with two attached hydrogens (primary N) is 1. The summed E-state index contributed by atoms with van der Waals surface area (Å²) in [5, 5.41) is 4.95. The lowest BCUT2D eigenvalue weighted by Gasteiger charge is -2.32. The number of hydrogen-bond donors (Lipinski definition) is 2. The summed E-state index contributed by atoms with van der Waals surface area (Å²) in [5.41, 5.74) is 6.99. The van der Waals surface area contributed by atoms with E-state index in [2.05, 4.69) is 14.6 Å². The third-order valence-corrected chi connectivity index (χ3v) is 4.84. The number of anilines is 1. The normalized spacial score (nSPS) is 16.6. The van der Waals surface area contributed by atoms with Crippen LogP contribution in [-0.4, -0.2) is 34.9 Å². The van der Waals surface area contributed by atoms with Crippen LogP contribution in [0.5, 0.6) is 0 Å². The molecule has 1 saturated heterocycles. The van der Waals surface area contributed by atoms with Crippen molar-refractivity contribution in [3.05, 3.63) is 17.3 Å². The van der Waals surface area contributed by atoms with Gasteiger partial charge in [0.25, 0.3) is 0 Å². The minimum Gasteiger partial charge on any atom is -0.356 e. The van der Waals surface area contributed by atoms with Gasteiger partial charge in [-0.05, 0) is 18.8 Å². The van der Waals surface area contributed by atoms with Gasteiger partial charge in [0.15, 0.2) is 10.8 Å². The first-order chi connectivity index (χ1) is 10.2. The minimum atomic E-state index is 0.0530. The fourth-order valence-electron chi connectivity index (χ4n) is 2.90. The summed E-state index contributed by atoms with van der Waals surface area (Å²) in [6.45, 7) is 4.80. The van der Waals surface area contributed by atoms with Crippen molar-refractivity contribution >= 4 is 28.0 Å². The molecule has 1 fully saturated rings. The number of thiazole rings is 1. The Bertz CT molecular complexity index is 626. The van der Waals surface area contributed by atoms with Crippen LogP contribution >= 0.6 is 11.3 Å². The number of carbonyl (C=O) groups is 1. The zero-order chi connectivity index (χ0) is 14.8. The molecule has 6 nitrogen and oxygen atoms in total. The SMILES string of the molecule is CC(=O)NCC1CCN(c2nc3sccn3c2CN)CC1. The molecule has 0 unspecified atom stereocenters. The maximum Gasteiger partial charge on any atom is 0.216 e. The highest BCUT2D eigenvalue weighted by Crippen LogP contribution is 2.28. The molecule has 0 atom stereocenters. The molecule has 1 amide bonds. The van der Waals surface area contributed by atoms with E-state index < -0.39 is 0 Å². The summed E-state index contributed by atoms with van der Waals surface area (Å²) in [5.74, 6) is 1.65. The fraction of sp³-hybridized carbons (Fsp3) is 0.571. The van der Waals surface area contributed by atoms with Crippen molar-refractivity contribution in [2.75, 3.05) is 24.5 Å². The average Bonchev–Trinajstić information content (AvgIpc) is 3.05. The number of nitrogens with one attached hydrogen (secondary N) is 1. The molecule has 2 aromatic heterocycles. The molecule has 0 radical (unpaired) electrons. The molecular weight excluding hydrogens is 286 g/mol. The summed E-state index contributed by atoms with van der Waals surface area (Å²) in [6.07, 6.45) is 4.19. The Morgan fingerprint density at radius 1 is 1.52 bits per heavy atom. The quantitative estimate of drug-likeness (QED) is 0.890. The van der Waals surface area contributed by atoms with Crippen LogP contribution in [0.1, 0.15) is 25.5 Å². The van der Waals surface area contributed by atoms with E-state index in [1.54, 1.807) is 18.3 Å². The summed E-state index contributed by atoms with van der Waals surface area (Å²) in [6, 6.07) is 0. The van der Waals surface area contributed by atoms with Crippen LogP contribution in [0.3, 0.4) is 0 Å². The number of nitrogens with zero attached hydrogens (tertiary/aromatic N) is 3. The molecule has 0 aliphatic carbocycles. The van der Waals surface area contributed by atoms with Gasteiger partial charge >= 0.3 is 0 Å². The molecule has 0 bridgehead atoms. The molecule has 3 N–H and O–H groups in total. The smallest absolute Gasteiger partial charge is 0.216 e. The van der Waals surface area contributed by atoms with E-state index in [0.717, 1.165) is 48.9 Å². The number of piperidine rings is 1. The van der Waals surface area contributed by atoms with Crippen LogP contribution in [0.15, 0.2) is 11.6 Å². The van der Waals surface area contributed by atoms with E-state index in [1.165, 1.54) is 0 Å². The standard InChI is InChI=1S/C14H21N5OS/c1-10(20)16-9-11-2-4-18(5-3-11)13-12(8-15)19-6-7-21-14(19)17-13/h6-7,11H,2-5,8-9,15H2,1H3,(H,16,20). The average molecular weight is 307 g/mol. The van der Waals surface area contributed by atoms with Crippen molar-refractivity contribution in [2.45, 2.75) is 26.3 Å². The van der Waals surface area contributed by atoms with Crippen LogP contribution in [0.4, 0.5) is 5.82 Å². The molecule has 2 aromatic rings. The van der Waals surface area contributed by atoms with Crippen LogP contribution < -0.4 is 16.0 Å². The summed E-state index contributed by atoms with van der Waals surface area (Å²) in [4.78, 5) is 19.0. The summed E-state index contributed by atoms with van der Waals surface area (Å²) < 4.78 is 2.09. The Labute approximate surface area is 127 Å². The van der Waals surface area contributed by atoms with Crippen molar-refractivity contribution in [3.8, 4) is 0 Å². The van der Waals surface area contributed by atoms with Gasteiger partial charge in [-0.15, -0.1) is 11.3 Å². The first-order valence-electron chi connectivity index (χ1n) is 7.33. The van der Waals surface area contributed by atoms with Gasteiger partial charge in [0.1, 0.15) is 0 Å². The van der Waals surface area contributed by atoms with Gasteiger partial charge in [0.2, 0.25) is 5.91 Å². The Hall–Kier alpha value is -1.60. The first kappa shape index (κ1) is 14.3. The van der Waals surface area contributed by atoms with Crippen molar-refractivity contribution in [1.82, 2.24) is 14.7 Å². The van der Waals surface area contributed by atoms with Crippen LogP contribution in [0.2, 0.25) is 0 Å². The summed E-state index contributed by atoms with van der Waals surface area (Å²) in [7, 11) is 0. The van der Waals surface area contributed by atoms with Crippen LogP contribution in [-0.2, 0) is 11.3 Å². The second-order valence-electron chi connectivity index (χ2n) is 5.51. The van der Waals surface area contributed by atoms with Crippen LogP contribution in [0.25, 0.3) is 4.96 Å². The van der Waals surface area contributed by atoms with Crippen molar-refractivity contribution in [1.29, 1.82) is 0 Å². The van der Waals surface area contributed by atoms with E-state index in [9.17, 15) is 4.79 Å². The topological polar surface area (TPSA) is 75.7 Å². The zero-order valence-electron chi connectivity index (χ0n) is 12.2. The molecule has 3 heterocycles. The fourth-order valence-corrected chi connectivity index (χ4v) is 3.63. The van der Waals surface area contributed by atoms with Gasteiger partial charge in [-0.1, -0.05) is 0 Å². The third kappa shape index (κ3) is 2.89. The molecule has 0 saturated carbocycles. The second kappa shape index (κ2) is 6.03. The molecule has 114 valence electrons. The lowest BCUT2D eigenvalue weighted by atomic mass is 9.96. The highest BCUT2D eigenvalue weighted by atomic mass is 32.1. The molecule has 1 aliphatic heterocycles. The number of hydrogen-bond acceptors (Lipinski definition) is 5. The molecular formula is C14H21N5OS. The maximum atomic E-state index is 11.0. The highest BCUT2D eigenvalue weighted by molar-refractivity contribution is 7.15. The van der Waals surface area contributed by atoms with Gasteiger partial charge in [0.05, 0.1) is 5.69 Å².